The maximum atomic E-state index is 12.4. The minimum absolute atomic E-state index is 0.164. The minimum Gasteiger partial charge on any atom is -0.436 e. The van der Waals surface area contributed by atoms with Crippen molar-refractivity contribution in [3.63, 3.8) is 0 Å². The zero-order valence-electron chi connectivity index (χ0n) is 14.8. The Bertz CT molecular complexity index is 1210. The van der Waals surface area contributed by atoms with Gasteiger partial charge in [0, 0.05) is 10.2 Å². The number of hydrogen-bond acceptors (Lipinski definition) is 4. The normalized spacial score (nSPS) is 10.7. The van der Waals surface area contributed by atoms with E-state index in [1.165, 1.54) is 0 Å². The third kappa shape index (κ3) is 4.32. The molecule has 0 atom stereocenters. The second-order valence-corrected chi connectivity index (χ2v) is 7.74. The van der Waals surface area contributed by atoms with Crippen molar-refractivity contribution >= 4 is 67.6 Å². The number of carbonyl (C=O) groups is 1. The van der Waals surface area contributed by atoms with Gasteiger partial charge in [-0.3, -0.25) is 10.1 Å². The molecule has 2 N–H and O–H groups in total. The molecule has 29 heavy (non-hydrogen) atoms. The van der Waals surface area contributed by atoms with Crippen LogP contribution < -0.4 is 10.6 Å². The van der Waals surface area contributed by atoms with E-state index in [1.807, 2.05) is 30.3 Å². The molecule has 0 radical (unpaired) electrons. The molecule has 3 aromatic carbocycles. The topological polar surface area (TPSA) is 67.2 Å². The summed E-state index contributed by atoms with van der Waals surface area (Å²) in [6, 6.07) is 19.8. The number of hydrogen-bond donors (Lipinski definition) is 2. The lowest BCUT2D eigenvalue weighted by molar-refractivity contribution is 0.0977. The van der Waals surface area contributed by atoms with Gasteiger partial charge >= 0.3 is 0 Å². The molecule has 0 bridgehead atoms. The standard InChI is InChI=1S/C21H13BrClN3O2S/c22-15-6-2-1-5-13(15)19(27)26-21(29)24-12-9-10-16(23)14(11-12)20-25-17-7-3-4-8-18(17)28-20/h1-11H,(H2,24,26,27,29). The number of nitrogens with zero attached hydrogens (tertiary/aromatic N) is 1. The van der Waals surface area contributed by atoms with E-state index in [1.54, 1.807) is 36.4 Å². The van der Waals surface area contributed by atoms with Crippen LogP contribution in [0.25, 0.3) is 22.6 Å². The first-order valence-electron chi connectivity index (χ1n) is 8.53. The molecule has 0 aliphatic heterocycles. The van der Waals surface area contributed by atoms with Gasteiger partial charge in [-0.25, -0.2) is 4.98 Å². The van der Waals surface area contributed by atoms with Crippen molar-refractivity contribution in [1.82, 2.24) is 10.3 Å². The fraction of sp³-hybridized carbons (Fsp3) is 0. The van der Waals surface area contributed by atoms with Crippen LogP contribution in [0.2, 0.25) is 5.02 Å². The fourth-order valence-electron chi connectivity index (χ4n) is 2.73. The van der Waals surface area contributed by atoms with Gasteiger partial charge in [0.15, 0.2) is 10.7 Å². The average Bonchev–Trinajstić information content (AvgIpc) is 3.13. The molecule has 0 unspecified atom stereocenters. The highest BCUT2D eigenvalue weighted by molar-refractivity contribution is 9.10. The zero-order chi connectivity index (χ0) is 20.4. The summed E-state index contributed by atoms with van der Waals surface area (Å²) < 4.78 is 6.48. The van der Waals surface area contributed by atoms with Crippen molar-refractivity contribution in [2.75, 3.05) is 5.32 Å². The molecular weight excluding hydrogens is 474 g/mol. The lowest BCUT2D eigenvalue weighted by atomic mass is 10.2. The highest BCUT2D eigenvalue weighted by atomic mass is 79.9. The van der Waals surface area contributed by atoms with E-state index in [2.05, 4.69) is 31.5 Å². The summed E-state index contributed by atoms with van der Waals surface area (Å²) in [7, 11) is 0. The van der Waals surface area contributed by atoms with Crippen molar-refractivity contribution in [2.24, 2.45) is 0 Å². The van der Waals surface area contributed by atoms with E-state index in [-0.39, 0.29) is 11.0 Å². The van der Waals surface area contributed by atoms with Gasteiger partial charge in [0.1, 0.15) is 5.52 Å². The maximum Gasteiger partial charge on any atom is 0.258 e. The lowest BCUT2D eigenvalue weighted by Crippen LogP contribution is -2.34. The molecule has 4 rings (SSSR count). The zero-order valence-corrected chi connectivity index (χ0v) is 17.9. The highest BCUT2D eigenvalue weighted by Gasteiger charge is 2.14. The van der Waals surface area contributed by atoms with E-state index in [0.29, 0.717) is 37.8 Å². The van der Waals surface area contributed by atoms with Gasteiger partial charge in [-0.1, -0.05) is 35.9 Å². The third-order valence-electron chi connectivity index (χ3n) is 4.09. The molecule has 8 heteroatoms. The molecule has 1 heterocycles. The number of rotatable bonds is 3. The predicted octanol–water partition coefficient (Wildman–Crippen LogP) is 6.04. The van der Waals surface area contributed by atoms with E-state index >= 15 is 0 Å². The SMILES string of the molecule is O=C(NC(=S)Nc1ccc(Cl)c(-c2nc3ccccc3o2)c1)c1ccccc1Br. The van der Waals surface area contributed by atoms with Crippen LogP contribution in [0.1, 0.15) is 10.4 Å². The Hall–Kier alpha value is -2.74. The fourth-order valence-corrected chi connectivity index (χ4v) is 3.61. The molecular formula is C21H13BrClN3O2S. The van der Waals surface area contributed by atoms with Crippen LogP contribution in [0.3, 0.4) is 0 Å². The second kappa shape index (κ2) is 8.32. The van der Waals surface area contributed by atoms with Gasteiger partial charge < -0.3 is 9.73 Å². The Morgan fingerprint density at radius 3 is 2.62 bits per heavy atom. The van der Waals surface area contributed by atoms with Gasteiger partial charge in [0.05, 0.1) is 16.1 Å². The number of nitrogens with one attached hydrogen (secondary N) is 2. The molecule has 4 aromatic rings. The summed E-state index contributed by atoms with van der Waals surface area (Å²) in [5, 5.41) is 6.30. The molecule has 1 amide bonds. The molecule has 0 spiro atoms. The molecule has 0 aliphatic rings. The van der Waals surface area contributed by atoms with Gasteiger partial charge in [-0.15, -0.1) is 0 Å². The summed E-state index contributed by atoms with van der Waals surface area (Å²) in [6.45, 7) is 0. The number of amides is 1. The van der Waals surface area contributed by atoms with Crippen molar-refractivity contribution in [1.29, 1.82) is 0 Å². The Balaban J connectivity index is 1.53. The van der Waals surface area contributed by atoms with Crippen LogP contribution in [0, 0.1) is 0 Å². The number of carbonyl (C=O) groups excluding carboxylic acids is 1. The van der Waals surface area contributed by atoms with E-state index in [9.17, 15) is 4.79 Å². The van der Waals surface area contributed by atoms with Crippen LogP contribution in [-0.4, -0.2) is 16.0 Å². The molecule has 0 fully saturated rings. The Kier molecular flexibility index (Phi) is 5.62. The van der Waals surface area contributed by atoms with Crippen molar-refractivity contribution in [2.45, 2.75) is 0 Å². The molecule has 1 aromatic heterocycles. The monoisotopic (exact) mass is 485 g/mol. The first kappa shape index (κ1) is 19.6. The molecule has 0 saturated heterocycles. The smallest absolute Gasteiger partial charge is 0.258 e. The molecule has 5 nitrogen and oxygen atoms in total. The minimum atomic E-state index is -0.317. The first-order chi connectivity index (χ1) is 14.0. The van der Waals surface area contributed by atoms with Crippen LogP contribution in [0.15, 0.2) is 75.6 Å². The van der Waals surface area contributed by atoms with Crippen LogP contribution in [0.4, 0.5) is 5.69 Å². The Morgan fingerprint density at radius 1 is 1.07 bits per heavy atom. The van der Waals surface area contributed by atoms with E-state index in [4.69, 9.17) is 28.2 Å². The number of aromatic nitrogens is 1. The summed E-state index contributed by atoms with van der Waals surface area (Å²) in [5.41, 5.74) is 3.16. The Morgan fingerprint density at radius 2 is 1.83 bits per heavy atom. The van der Waals surface area contributed by atoms with Gasteiger partial charge in [-0.05, 0) is 70.6 Å². The number of benzene rings is 3. The van der Waals surface area contributed by atoms with Gasteiger partial charge in [0.2, 0.25) is 5.89 Å². The summed E-state index contributed by atoms with van der Waals surface area (Å²) >= 11 is 15.0. The molecule has 144 valence electrons. The molecule has 0 saturated carbocycles. The van der Waals surface area contributed by atoms with Crippen molar-refractivity contribution < 1.29 is 9.21 Å². The average molecular weight is 487 g/mol. The number of para-hydroxylation sites is 2. The molecule has 0 aliphatic carbocycles. The summed E-state index contributed by atoms with van der Waals surface area (Å²) in [6.07, 6.45) is 0. The highest BCUT2D eigenvalue weighted by Crippen LogP contribution is 2.32. The van der Waals surface area contributed by atoms with Crippen LogP contribution in [-0.2, 0) is 0 Å². The van der Waals surface area contributed by atoms with Gasteiger partial charge in [0.25, 0.3) is 5.91 Å². The van der Waals surface area contributed by atoms with Crippen LogP contribution >= 0.6 is 39.7 Å². The largest absolute Gasteiger partial charge is 0.436 e. The summed E-state index contributed by atoms with van der Waals surface area (Å²) in [5.74, 6) is 0.0890. The maximum absolute atomic E-state index is 12.4. The number of oxazole rings is 1. The summed E-state index contributed by atoms with van der Waals surface area (Å²) in [4.78, 5) is 16.9. The van der Waals surface area contributed by atoms with Crippen molar-refractivity contribution in [3.8, 4) is 11.5 Å². The van der Waals surface area contributed by atoms with Gasteiger partial charge in [-0.2, -0.15) is 0 Å². The van der Waals surface area contributed by atoms with Crippen LogP contribution in [0.5, 0.6) is 0 Å². The third-order valence-corrected chi connectivity index (χ3v) is 5.32. The lowest BCUT2D eigenvalue weighted by Gasteiger charge is -2.11. The van der Waals surface area contributed by atoms with E-state index < -0.39 is 0 Å². The number of halogens is 2. The predicted molar refractivity (Wildman–Crippen MR) is 122 cm³/mol. The van der Waals surface area contributed by atoms with Crippen molar-refractivity contribution in [3.05, 3.63) is 81.8 Å². The van der Waals surface area contributed by atoms with E-state index in [0.717, 1.165) is 5.52 Å². The number of anilines is 1. The first-order valence-corrected chi connectivity index (χ1v) is 10.1. The quantitative estimate of drug-likeness (QED) is 0.346. The number of fused-ring (bicyclic) bond motifs is 1. The number of thiocarbonyl (C=S) groups is 1. The Labute approximate surface area is 185 Å². The second-order valence-electron chi connectivity index (χ2n) is 6.07.